The molecule has 0 fully saturated rings. The van der Waals surface area contributed by atoms with E-state index in [1.165, 1.54) is 27.1 Å². The second-order valence-electron chi connectivity index (χ2n) is 5.83. The summed E-state index contributed by atoms with van der Waals surface area (Å²) < 4.78 is 0. The van der Waals surface area contributed by atoms with E-state index >= 15 is 0 Å². The van der Waals surface area contributed by atoms with Crippen LogP contribution >= 0.6 is 24.2 Å². The molecule has 0 saturated carbocycles. The molecule has 1 atom stereocenters. The highest BCUT2D eigenvalue weighted by Crippen LogP contribution is 2.39. The fourth-order valence-corrected chi connectivity index (χ4v) is 4.38. The van der Waals surface area contributed by atoms with Crippen LogP contribution in [0.5, 0.6) is 0 Å². The van der Waals surface area contributed by atoms with E-state index in [-0.39, 0.29) is 24.2 Å². The number of halogens is 1. The lowest BCUT2D eigenvalue weighted by Crippen LogP contribution is -2.29. The van der Waals surface area contributed by atoms with Crippen LogP contribution in [0, 0.1) is 0 Å². The Morgan fingerprint density at radius 1 is 1.17 bits per heavy atom. The molecule has 23 heavy (non-hydrogen) atoms. The number of amides is 1. The zero-order chi connectivity index (χ0) is 14.9. The Morgan fingerprint density at radius 2 is 2.00 bits per heavy atom. The van der Waals surface area contributed by atoms with Gasteiger partial charge in [-0.15, -0.1) is 24.2 Å². The van der Waals surface area contributed by atoms with E-state index in [1.54, 1.807) is 11.8 Å². The van der Waals surface area contributed by atoms with E-state index in [2.05, 4.69) is 41.0 Å². The number of nitrogens with one attached hydrogen (secondary N) is 2. The third kappa shape index (κ3) is 3.25. The molecular formula is C18H19ClN2OS. The van der Waals surface area contributed by atoms with Gasteiger partial charge < -0.3 is 10.6 Å². The largest absolute Gasteiger partial charge is 0.351 e. The van der Waals surface area contributed by atoms with Crippen LogP contribution in [0.15, 0.2) is 47.4 Å². The molecule has 0 saturated heterocycles. The van der Waals surface area contributed by atoms with Gasteiger partial charge in [-0.3, -0.25) is 4.79 Å². The average Bonchev–Trinajstić information content (AvgIpc) is 3.18. The first-order valence-corrected chi connectivity index (χ1v) is 8.60. The van der Waals surface area contributed by atoms with Crippen molar-refractivity contribution in [2.75, 3.05) is 5.75 Å². The molecule has 2 aromatic rings. The summed E-state index contributed by atoms with van der Waals surface area (Å²) in [4.78, 5) is 13.7. The zero-order valence-electron chi connectivity index (χ0n) is 12.7. The molecule has 2 aromatic carbocycles. The van der Waals surface area contributed by atoms with Gasteiger partial charge in [0.2, 0.25) is 5.91 Å². The number of benzene rings is 2. The number of hydrogen-bond acceptors (Lipinski definition) is 3. The van der Waals surface area contributed by atoms with Crippen molar-refractivity contribution in [2.24, 2.45) is 0 Å². The normalized spacial score (nSPS) is 18.0. The molecule has 0 aromatic heterocycles. The lowest BCUT2D eigenvalue weighted by Gasteiger charge is -2.12. The van der Waals surface area contributed by atoms with Crippen molar-refractivity contribution < 1.29 is 4.79 Å². The lowest BCUT2D eigenvalue weighted by atomic mass is 10.0. The Kier molecular flexibility index (Phi) is 4.95. The van der Waals surface area contributed by atoms with Gasteiger partial charge in [-0.25, -0.2) is 0 Å². The second kappa shape index (κ2) is 6.95. The van der Waals surface area contributed by atoms with Gasteiger partial charge >= 0.3 is 0 Å². The standard InChI is InChI=1S/C18H18N2OS.ClH/c21-18(16-11-22-17-4-2-1-3-15(16)17)20-8-12-5-6-13-9-19-10-14(13)7-12;/h1-7,16,19H,8-11H2,(H,20,21);1H. The molecular weight excluding hydrogens is 328 g/mol. The summed E-state index contributed by atoms with van der Waals surface area (Å²) in [7, 11) is 0. The molecule has 2 aliphatic rings. The van der Waals surface area contributed by atoms with Gasteiger partial charge in [-0.1, -0.05) is 36.4 Å². The maximum Gasteiger partial charge on any atom is 0.228 e. The molecule has 1 amide bonds. The highest BCUT2D eigenvalue weighted by atomic mass is 35.5. The first kappa shape index (κ1) is 16.4. The summed E-state index contributed by atoms with van der Waals surface area (Å²) in [5.41, 5.74) is 5.07. The van der Waals surface area contributed by atoms with Gasteiger partial charge in [0.1, 0.15) is 0 Å². The molecule has 0 spiro atoms. The minimum Gasteiger partial charge on any atom is -0.351 e. The molecule has 0 bridgehead atoms. The summed E-state index contributed by atoms with van der Waals surface area (Å²) in [5, 5.41) is 6.45. The Hall–Kier alpha value is -1.49. The number of thioether (sulfide) groups is 1. The fraction of sp³-hybridized carbons (Fsp3) is 0.278. The molecule has 4 rings (SSSR count). The monoisotopic (exact) mass is 346 g/mol. The Balaban J connectivity index is 0.00000156. The van der Waals surface area contributed by atoms with Crippen molar-refractivity contribution in [3.63, 3.8) is 0 Å². The first-order chi connectivity index (χ1) is 10.8. The minimum atomic E-state index is -0.0164. The smallest absolute Gasteiger partial charge is 0.228 e. The van der Waals surface area contributed by atoms with Crippen molar-refractivity contribution in [3.8, 4) is 0 Å². The maximum absolute atomic E-state index is 12.5. The predicted octanol–water partition coefficient (Wildman–Crippen LogP) is 3.22. The van der Waals surface area contributed by atoms with E-state index < -0.39 is 0 Å². The van der Waals surface area contributed by atoms with Crippen LogP contribution in [0.2, 0.25) is 0 Å². The highest BCUT2D eigenvalue weighted by molar-refractivity contribution is 7.99. The lowest BCUT2D eigenvalue weighted by molar-refractivity contribution is -0.122. The van der Waals surface area contributed by atoms with Gasteiger partial charge in [0.05, 0.1) is 5.92 Å². The van der Waals surface area contributed by atoms with E-state index in [4.69, 9.17) is 0 Å². The first-order valence-electron chi connectivity index (χ1n) is 7.62. The van der Waals surface area contributed by atoms with Crippen molar-refractivity contribution in [1.29, 1.82) is 0 Å². The van der Waals surface area contributed by atoms with Crippen LogP contribution in [0.1, 0.15) is 28.2 Å². The number of carbonyl (C=O) groups excluding carboxylic acids is 1. The summed E-state index contributed by atoms with van der Waals surface area (Å²) in [5.74, 6) is 0.965. The molecule has 3 nitrogen and oxygen atoms in total. The van der Waals surface area contributed by atoms with Crippen molar-refractivity contribution in [2.45, 2.75) is 30.4 Å². The molecule has 120 valence electrons. The van der Waals surface area contributed by atoms with Gasteiger partial charge in [0.25, 0.3) is 0 Å². The number of fused-ring (bicyclic) bond motifs is 2. The molecule has 2 N–H and O–H groups in total. The summed E-state index contributed by atoms with van der Waals surface area (Å²) in [6, 6.07) is 14.7. The van der Waals surface area contributed by atoms with Crippen molar-refractivity contribution in [1.82, 2.24) is 10.6 Å². The Morgan fingerprint density at radius 3 is 2.91 bits per heavy atom. The maximum atomic E-state index is 12.5. The number of hydrogen-bond donors (Lipinski definition) is 2. The van der Waals surface area contributed by atoms with Crippen molar-refractivity contribution in [3.05, 3.63) is 64.7 Å². The van der Waals surface area contributed by atoms with Gasteiger partial charge in [0.15, 0.2) is 0 Å². The SMILES string of the molecule is Cl.O=C(NCc1ccc2c(c1)CNC2)C1CSc2ccccc21. The van der Waals surface area contributed by atoms with E-state index in [0.29, 0.717) is 6.54 Å². The van der Waals surface area contributed by atoms with Gasteiger partial charge in [-0.2, -0.15) is 0 Å². The molecule has 0 aliphatic carbocycles. The van der Waals surface area contributed by atoms with E-state index in [0.717, 1.165) is 18.8 Å². The predicted molar refractivity (Wildman–Crippen MR) is 96.0 cm³/mol. The van der Waals surface area contributed by atoms with Crippen LogP contribution in [-0.2, 0) is 24.4 Å². The van der Waals surface area contributed by atoms with Crippen LogP contribution in [0.3, 0.4) is 0 Å². The molecule has 5 heteroatoms. The van der Waals surface area contributed by atoms with Gasteiger partial charge in [0, 0.05) is 30.3 Å². The molecule has 2 aliphatic heterocycles. The Bertz CT molecular complexity index is 735. The van der Waals surface area contributed by atoms with Crippen LogP contribution in [0.25, 0.3) is 0 Å². The number of carbonyl (C=O) groups is 1. The van der Waals surface area contributed by atoms with Gasteiger partial charge in [-0.05, 0) is 28.3 Å². The van der Waals surface area contributed by atoms with Crippen LogP contribution in [0.4, 0.5) is 0 Å². The third-order valence-corrected chi connectivity index (χ3v) is 5.57. The number of rotatable bonds is 3. The average molecular weight is 347 g/mol. The quantitative estimate of drug-likeness (QED) is 0.896. The highest BCUT2D eigenvalue weighted by Gasteiger charge is 2.28. The third-order valence-electron chi connectivity index (χ3n) is 4.38. The van der Waals surface area contributed by atoms with Crippen molar-refractivity contribution >= 4 is 30.1 Å². The van der Waals surface area contributed by atoms with E-state index in [1.807, 2.05) is 12.1 Å². The summed E-state index contributed by atoms with van der Waals surface area (Å²) in [6.07, 6.45) is 0. The molecule has 1 unspecified atom stereocenters. The summed E-state index contributed by atoms with van der Waals surface area (Å²) >= 11 is 1.77. The van der Waals surface area contributed by atoms with E-state index in [9.17, 15) is 4.79 Å². The zero-order valence-corrected chi connectivity index (χ0v) is 14.3. The van der Waals surface area contributed by atoms with Crippen LogP contribution < -0.4 is 10.6 Å². The minimum absolute atomic E-state index is 0. The van der Waals surface area contributed by atoms with Crippen LogP contribution in [-0.4, -0.2) is 11.7 Å². The topological polar surface area (TPSA) is 41.1 Å². The Labute approximate surface area is 146 Å². The summed E-state index contributed by atoms with van der Waals surface area (Å²) in [6.45, 7) is 2.50. The molecule has 2 heterocycles. The fourth-order valence-electron chi connectivity index (χ4n) is 3.15. The molecule has 0 radical (unpaired) electrons. The second-order valence-corrected chi connectivity index (χ2v) is 6.89.